The molecule has 0 fully saturated rings. The Balaban J connectivity index is 2.68. The average molecular weight is 321 g/mol. The highest BCUT2D eigenvalue weighted by atomic mass is 19.1. The van der Waals surface area contributed by atoms with Crippen molar-refractivity contribution < 1.29 is 18.8 Å². The average Bonchev–Trinajstić information content (AvgIpc) is 2.88. The molecule has 1 aromatic heterocycles. The molecule has 8 heteroatoms. The Bertz CT molecular complexity index is 725. The summed E-state index contributed by atoms with van der Waals surface area (Å²) in [5.74, 6) is -1.29. The minimum absolute atomic E-state index is 0.0771. The third-order valence-corrected chi connectivity index (χ3v) is 3.14. The molecule has 0 radical (unpaired) electrons. The van der Waals surface area contributed by atoms with Crippen molar-refractivity contribution in [3.05, 3.63) is 51.6 Å². The molecule has 1 aromatic carbocycles. The van der Waals surface area contributed by atoms with Gasteiger partial charge in [-0.25, -0.2) is 13.9 Å². The number of hydrogen-bond acceptors (Lipinski definition) is 5. The van der Waals surface area contributed by atoms with E-state index < -0.39 is 16.7 Å². The van der Waals surface area contributed by atoms with Crippen molar-refractivity contribution in [2.45, 2.75) is 26.7 Å². The molecule has 0 unspecified atom stereocenters. The van der Waals surface area contributed by atoms with Crippen LogP contribution in [0.3, 0.4) is 0 Å². The summed E-state index contributed by atoms with van der Waals surface area (Å²) in [6, 6.07) is 5.17. The van der Waals surface area contributed by atoms with Gasteiger partial charge in [0.15, 0.2) is 0 Å². The summed E-state index contributed by atoms with van der Waals surface area (Å²) in [6.07, 6.45) is 0.973. The van der Waals surface area contributed by atoms with Crippen molar-refractivity contribution in [3.8, 4) is 5.69 Å². The van der Waals surface area contributed by atoms with Crippen LogP contribution < -0.4 is 0 Å². The van der Waals surface area contributed by atoms with E-state index in [1.807, 2.05) is 6.92 Å². The van der Waals surface area contributed by atoms with Gasteiger partial charge in [0, 0.05) is 0 Å². The predicted octanol–water partition coefficient (Wildman–Crippen LogP) is 3.05. The van der Waals surface area contributed by atoms with Crippen LogP contribution >= 0.6 is 0 Å². The Hall–Kier alpha value is -2.77. The summed E-state index contributed by atoms with van der Waals surface area (Å²) in [5, 5.41) is 15.6. The lowest BCUT2D eigenvalue weighted by Gasteiger charge is -2.06. The molecule has 2 rings (SSSR count). The van der Waals surface area contributed by atoms with Crippen LogP contribution in [0.25, 0.3) is 5.69 Å². The number of nitrogens with zero attached hydrogens (tertiary/aromatic N) is 3. The third-order valence-electron chi connectivity index (χ3n) is 3.14. The molecule has 23 heavy (non-hydrogen) atoms. The van der Waals surface area contributed by atoms with Crippen molar-refractivity contribution in [2.24, 2.45) is 0 Å². The highest BCUT2D eigenvalue weighted by Gasteiger charge is 2.33. The second-order valence-electron chi connectivity index (χ2n) is 4.76. The summed E-state index contributed by atoms with van der Waals surface area (Å²) >= 11 is 0. The van der Waals surface area contributed by atoms with Gasteiger partial charge in [0.2, 0.25) is 5.69 Å². The molecule has 0 aliphatic heterocycles. The summed E-state index contributed by atoms with van der Waals surface area (Å²) in [5.41, 5.74) is -0.0775. The zero-order valence-corrected chi connectivity index (χ0v) is 12.8. The van der Waals surface area contributed by atoms with E-state index in [-0.39, 0.29) is 23.7 Å². The van der Waals surface area contributed by atoms with Crippen molar-refractivity contribution in [3.63, 3.8) is 0 Å². The van der Waals surface area contributed by atoms with Crippen molar-refractivity contribution in [2.75, 3.05) is 6.61 Å². The number of carbonyl (C=O) groups excluding carboxylic acids is 1. The SMILES string of the molecule is CCCc1nn(-c2ccc(F)cc2)c(C(=O)OCC)c1[N+](=O)[O-]. The summed E-state index contributed by atoms with van der Waals surface area (Å²) in [4.78, 5) is 23.0. The van der Waals surface area contributed by atoms with Gasteiger partial charge in [0.1, 0.15) is 11.5 Å². The van der Waals surface area contributed by atoms with Crippen LogP contribution in [0.2, 0.25) is 0 Å². The topological polar surface area (TPSA) is 87.3 Å². The quantitative estimate of drug-likeness (QED) is 0.463. The Kier molecular flexibility index (Phi) is 5.05. The van der Waals surface area contributed by atoms with Crippen LogP contribution in [0.5, 0.6) is 0 Å². The van der Waals surface area contributed by atoms with Crippen LogP contribution in [-0.4, -0.2) is 27.3 Å². The minimum atomic E-state index is -0.835. The molecule has 122 valence electrons. The molecule has 0 aliphatic carbocycles. The van der Waals surface area contributed by atoms with Gasteiger partial charge < -0.3 is 4.74 Å². The third kappa shape index (κ3) is 3.36. The molecular weight excluding hydrogens is 305 g/mol. The highest BCUT2D eigenvalue weighted by molar-refractivity contribution is 5.93. The molecular formula is C15H16FN3O4. The lowest BCUT2D eigenvalue weighted by Crippen LogP contribution is -2.13. The molecule has 0 bridgehead atoms. The van der Waals surface area contributed by atoms with Gasteiger partial charge in [-0.05, 0) is 37.6 Å². The Morgan fingerprint density at radius 3 is 2.52 bits per heavy atom. The number of nitro groups is 1. The molecule has 0 atom stereocenters. The van der Waals surface area contributed by atoms with Gasteiger partial charge in [-0.1, -0.05) is 13.3 Å². The van der Waals surface area contributed by atoms with Crippen molar-refractivity contribution >= 4 is 11.7 Å². The zero-order valence-electron chi connectivity index (χ0n) is 12.8. The molecule has 0 spiro atoms. The first-order valence-corrected chi connectivity index (χ1v) is 7.18. The van der Waals surface area contributed by atoms with Gasteiger partial charge in [-0.3, -0.25) is 10.1 Å². The van der Waals surface area contributed by atoms with Gasteiger partial charge in [-0.2, -0.15) is 5.10 Å². The van der Waals surface area contributed by atoms with Crippen LogP contribution in [0, 0.1) is 15.9 Å². The minimum Gasteiger partial charge on any atom is -0.461 e. The number of esters is 1. The van der Waals surface area contributed by atoms with E-state index in [0.717, 1.165) is 4.68 Å². The van der Waals surface area contributed by atoms with E-state index in [1.165, 1.54) is 24.3 Å². The van der Waals surface area contributed by atoms with Crippen LogP contribution in [0.15, 0.2) is 24.3 Å². The number of benzene rings is 1. The van der Waals surface area contributed by atoms with Gasteiger partial charge in [0.05, 0.1) is 17.2 Å². The first kappa shape index (κ1) is 16.6. The van der Waals surface area contributed by atoms with Crippen LogP contribution in [-0.2, 0) is 11.2 Å². The lowest BCUT2D eigenvalue weighted by atomic mass is 10.2. The van der Waals surface area contributed by atoms with Crippen LogP contribution in [0.4, 0.5) is 10.1 Å². The number of halogens is 1. The summed E-state index contributed by atoms with van der Waals surface area (Å²) < 4.78 is 19.1. The summed E-state index contributed by atoms with van der Waals surface area (Å²) in [7, 11) is 0. The molecule has 0 saturated carbocycles. The molecule has 2 aromatic rings. The second kappa shape index (κ2) is 6.99. The van der Waals surface area contributed by atoms with Crippen molar-refractivity contribution in [1.29, 1.82) is 0 Å². The first-order valence-electron chi connectivity index (χ1n) is 7.18. The maximum absolute atomic E-state index is 13.1. The molecule has 0 saturated heterocycles. The van der Waals surface area contributed by atoms with E-state index in [0.29, 0.717) is 18.5 Å². The standard InChI is InChI=1S/C15H16FN3O4/c1-3-5-12-13(19(21)22)14(15(20)23-4-2)18(17-12)11-8-6-10(16)7-9-11/h6-9H,3-5H2,1-2H3. The Morgan fingerprint density at radius 1 is 1.35 bits per heavy atom. The second-order valence-corrected chi connectivity index (χ2v) is 4.76. The zero-order chi connectivity index (χ0) is 17.0. The molecule has 0 aliphatic rings. The Morgan fingerprint density at radius 2 is 2.00 bits per heavy atom. The molecule has 7 nitrogen and oxygen atoms in total. The first-order chi connectivity index (χ1) is 11.0. The number of carbonyl (C=O) groups is 1. The fourth-order valence-electron chi connectivity index (χ4n) is 2.20. The fraction of sp³-hybridized carbons (Fsp3) is 0.333. The number of hydrogen-bond donors (Lipinski definition) is 0. The number of ether oxygens (including phenoxy) is 1. The van der Waals surface area contributed by atoms with Gasteiger partial charge >= 0.3 is 11.7 Å². The molecule has 0 N–H and O–H groups in total. The predicted molar refractivity (Wildman–Crippen MR) is 80.1 cm³/mol. The smallest absolute Gasteiger partial charge is 0.364 e. The number of aromatic nitrogens is 2. The van der Waals surface area contributed by atoms with Gasteiger partial charge in [-0.15, -0.1) is 0 Å². The fourth-order valence-corrected chi connectivity index (χ4v) is 2.20. The Labute approximate surface area is 131 Å². The number of rotatable bonds is 6. The maximum Gasteiger partial charge on any atom is 0.364 e. The van der Waals surface area contributed by atoms with E-state index in [1.54, 1.807) is 6.92 Å². The molecule has 0 amide bonds. The monoisotopic (exact) mass is 321 g/mol. The van der Waals surface area contributed by atoms with E-state index in [9.17, 15) is 19.3 Å². The van der Waals surface area contributed by atoms with E-state index in [4.69, 9.17) is 4.74 Å². The maximum atomic E-state index is 13.1. The van der Waals surface area contributed by atoms with E-state index >= 15 is 0 Å². The van der Waals surface area contributed by atoms with E-state index in [2.05, 4.69) is 5.10 Å². The van der Waals surface area contributed by atoms with Crippen LogP contribution in [0.1, 0.15) is 36.5 Å². The molecule has 1 heterocycles. The highest BCUT2D eigenvalue weighted by Crippen LogP contribution is 2.28. The normalized spacial score (nSPS) is 10.6. The lowest BCUT2D eigenvalue weighted by molar-refractivity contribution is -0.386. The largest absolute Gasteiger partial charge is 0.461 e. The van der Waals surface area contributed by atoms with Gasteiger partial charge in [0.25, 0.3) is 0 Å². The summed E-state index contributed by atoms with van der Waals surface area (Å²) in [6.45, 7) is 3.54. The number of aryl methyl sites for hydroxylation is 1. The van der Waals surface area contributed by atoms with Crippen molar-refractivity contribution in [1.82, 2.24) is 9.78 Å².